The van der Waals surface area contributed by atoms with Crippen LogP contribution in [0.15, 0.2) is 47.4 Å². The van der Waals surface area contributed by atoms with Gasteiger partial charge in [-0.05, 0) is 58.4 Å². The lowest BCUT2D eigenvalue weighted by Crippen LogP contribution is -2.34. The van der Waals surface area contributed by atoms with Crippen LogP contribution in [-0.2, 0) is 19.0 Å². The maximum absolute atomic E-state index is 12.4. The molecule has 0 spiro atoms. The highest BCUT2D eigenvalue weighted by Crippen LogP contribution is 2.31. The van der Waals surface area contributed by atoms with Crippen molar-refractivity contribution in [3.63, 3.8) is 0 Å². The van der Waals surface area contributed by atoms with E-state index in [1.807, 2.05) is 6.92 Å². The molecule has 0 atom stereocenters. The van der Waals surface area contributed by atoms with Gasteiger partial charge >= 0.3 is 6.09 Å². The van der Waals surface area contributed by atoms with Crippen molar-refractivity contribution >= 4 is 21.9 Å². The summed E-state index contributed by atoms with van der Waals surface area (Å²) >= 11 is 0. The van der Waals surface area contributed by atoms with E-state index in [2.05, 4.69) is 0 Å². The number of nitrogens with zero attached hydrogens (tertiary/aromatic N) is 1. The second-order valence-corrected chi connectivity index (χ2v) is 9.03. The number of benzene rings is 2. The van der Waals surface area contributed by atoms with E-state index in [0.717, 1.165) is 5.56 Å². The van der Waals surface area contributed by atoms with Gasteiger partial charge in [-0.2, -0.15) is 8.42 Å². The van der Waals surface area contributed by atoms with Crippen LogP contribution in [0.25, 0.3) is 11.1 Å². The summed E-state index contributed by atoms with van der Waals surface area (Å²) in [5, 5.41) is 0. The fourth-order valence-corrected chi connectivity index (χ4v) is 3.72. The highest BCUT2D eigenvalue weighted by Gasteiger charge is 2.22. The summed E-state index contributed by atoms with van der Waals surface area (Å²) in [6.45, 7) is 9.01. The molecule has 0 aromatic heterocycles. The summed E-state index contributed by atoms with van der Waals surface area (Å²) in [6.07, 6.45) is -0.463. The lowest BCUT2D eigenvalue weighted by Gasteiger charge is -2.24. The predicted molar refractivity (Wildman–Crippen MR) is 110 cm³/mol. The standard InChI is InChI=1S/C21H27NO5S/c1-7-26-28(24,25)19-13-8-15(2)14-18(19)16-9-11-17(12-10-16)22(6)20(23)27-21(3,4)5/h8-14H,7H2,1-6H3. The zero-order valence-electron chi connectivity index (χ0n) is 17.1. The molecule has 0 saturated carbocycles. The van der Waals surface area contributed by atoms with Gasteiger partial charge in [-0.3, -0.25) is 9.08 Å². The van der Waals surface area contributed by atoms with Crippen LogP contribution in [0.3, 0.4) is 0 Å². The summed E-state index contributed by atoms with van der Waals surface area (Å²) in [6, 6.07) is 12.1. The molecule has 6 nitrogen and oxygen atoms in total. The molecule has 1 amide bonds. The third kappa shape index (κ3) is 5.33. The van der Waals surface area contributed by atoms with Crippen LogP contribution in [0, 0.1) is 6.92 Å². The molecule has 0 saturated heterocycles. The zero-order chi connectivity index (χ0) is 21.1. The van der Waals surface area contributed by atoms with Crippen LogP contribution >= 0.6 is 0 Å². The van der Waals surface area contributed by atoms with Gasteiger partial charge < -0.3 is 4.74 Å². The molecule has 0 aliphatic heterocycles. The Bertz CT molecular complexity index is 944. The van der Waals surface area contributed by atoms with Gasteiger partial charge in [0, 0.05) is 18.3 Å². The molecule has 7 heteroatoms. The van der Waals surface area contributed by atoms with E-state index in [4.69, 9.17) is 8.92 Å². The minimum Gasteiger partial charge on any atom is -0.443 e. The van der Waals surface area contributed by atoms with Crippen molar-refractivity contribution in [3.8, 4) is 11.1 Å². The quantitative estimate of drug-likeness (QED) is 0.671. The summed E-state index contributed by atoms with van der Waals surface area (Å²) in [7, 11) is -2.22. The second kappa shape index (κ2) is 8.32. The maximum Gasteiger partial charge on any atom is 0.414 e. The molecule has 0 bridgehead atoms. The van der Waals surface area contributed by atoms with Crippen molar-refractivity contribution in [3.05, 3.63) is 48.0 Å². The number of hydrogen-bond donors (Lipinski definition) is 0. The first-order chi connectivity index (χ1) is 12.9. The maximum atomic E-state index is 12.4. The minimum absolute atomic E-state index is 0.0648. The average Bonchev–Trinajstić information content (AvgIpc) is 2.59. The number of anilines is 1. The van der Waals surface area contributed by atoms with Crippen LogP contribution in [0.4, 0.5) is 10.5 Å². The average molecular weight is 406 g/mol. The Morgan fingerprint density at radius 2 is 1.68 bits per heavy atom. The van der Waals surface area contributed by atoms with Gasteiger partial charge in [-0.15, -0.1) is 0 Å². The summed E-state index contributed by atoms with van der Waals surface area (Å²) < 4.78 is 35.2. The van der Waals surface area contributed by atoms with Gasteiger partial charge in [0.15, 0.2) is 0 Å². The molecule has 0 heterocycles. The van der Waals surface area contributed by atoms with Crippen LogP contribution < -0.4 is 4.90 Å². The number of rotatable bonds is 5. The number of hydrogen-bond acceptors (Lipinski definition) is 5. The van der Waals surface area contributed by atoms with E-state index >= 15 is 0 Å². The lowest BCUT2D eigenvalue weighted by molar-refractivity contribution is 0.0589. The first kappa shape index (κ1) is 21.9. The Morgan fingerprint density at radius 1 is 1.07 bits per heavy atom. The molecule has 2 rings (SSSR count). The first-order valence-electron chi connectivity index (χ1n) is 9.02. The molecule has 28 heavy (non-hydrogen) atoms. The van der Waals surface area contributed by atoms with Gasteiger partial charge in [-0.25, -0.2) is 4.79 Å². The van der Waals surface area contributed by atoms with Crippen molar-refractivity contribution in [2.75, 3.05) is 18.6 Å². The van der Waals surface area contributed by atoms with Crippen LogP contribution in [0.5, 0.6) is 0 Å². The van der Waals surface area contributed by atoms with Crippen molar-refractivity contribution in [2.24, 2.45) is 0 Å². The van der Waals surface area contributed by atoms with Crippen LogP contribution in [-0.4, -0.2) is 33.8 Å². The Labute approximate surface area is 167 Å². The van der Waals surface area contributed by atoms with Crippen molar-refractivity contribution in [1.29, 1.82) is 0 Å². The van der Waals surface area contributed by atoms with Crippen molar-refractivity contribution in [2.45, 2.75) is 45.1 Å². The normalized spacial score (nSPS) is 11.9. The van der Waals surface area contributed by atoms with Crippen LogP contribution in [0.2, 0.25) is 0 Å². The van der Waals surface area contributed by atoms with Gasteiger partial charge in [0.1, 0.15) is 10.5 Å². The zero-order valence-corrected chi connectivity index (χ0v) is 18.0. The topological polar surface area (TPSA) is 72.9 Å². The molecule has 152 valence electrons. The fraction of sp³-hybridized carbons (Fsp3) is 0.381. The third-order valence-corrected chi connectivity index (χ3v) is 5.35. The second-order valence-electron chi connectivity index (χ2n) is 7.45. The fourth-order valence-electron chi connectivity index (χ4n) is 2.61. The summed E-state index contributed by atoms with van der Waals surface area (Å²) in [4.78, 5) is 13.7. The Morgan fingerprint density at radius 3 is 2.21 bits per heavy atom. The highest BCUT2D eigenvalue weighted by atomic mass is 32.2. The van der Waals surface area contributed by atoms with Gasteiger partial charge in [-0.1, -0.05) is 29.8 Å². The van der Waals surface area contributed by atoms with Crippen molar-refractivity contribution < 1.29 is 22.1 Å². The number of ether oxygens (including phenoxy) is 1. The van der Waals surface area contributed by atoms with Gasteiger partial charge in [0.05, 0.1) is 6.61 Å². The highest BCUT2D eigenvalue weighted by molar-refractivity contribution is 7.87. The Hall–Kier alpha value is -2.38. The van der Waals surface area contributed by atoms with Gasteiger partial charge in [0.25, 0.3) is 10.1 Å². The molecule has 0 N–H and O–H groups in total. The lowest BCUT2D eigenvalue weighted by atomic mass is 10.0. The van der Waals surface area contributed by atoms with E-state index in [9.17, 15) is 13.2 Å². The molecule has 2 aromatic rings. The number of carbonyl (C=O) groups is 1. The molecule has 0 radical (unpaired) electrons. The number of carbonyl (C=O) groups excluding carboxylic acids is 1. The summed E-state index contributed by atoms with van der Waals surface area (Å²) in [5.74, 6) is 0. The van der Waals surface area contributed by atoms with Gasteiger partial charge in [0.2, 0.25) is 0 Å². The van der Waals surface area contributed by atoms with E-state index in [-0.39, 0.29) is 11.5 Å². The first-order valence-corrected chi connectivity index (χ1v) is 10.4. The third-order valence-electron chi connectivity index (χ3n) is 3.91. The number of aryl methyl sites for hydroxylation is 1. The van der Waals surface area contributed by atoms with E-state index in [0.29, 0.717) is 16.8 Å². The molecule has 0 aliphatic rings. The van der Waals surface area contributed by atoms with Crippen LogP contribution in [0.1, 0.15) is 33.3 Å². The molecule has 0 unspecified atom stereocenters. The molecule has 2 aromatic carbocycles. The summed E-state index contributed by atoms with van der Waals surface area (Å²) in [5.41, 5.74) is 2.25. The number of amides is 1. The largest absolute Gasteiger partial charge is 0.443 e. The molecular formula is C21H27NO5S. The predicted octanol–water partition coefficient (Wildman–Crippen LogP) is 4.76. The monoisotopic (exact) mass is 405 g/mol. The van der Waals surface area contributed by atoms with Crippen molar-refractivity contribution in [1.82, 2.24) is 0 Å². The van der Waals surface area contributed by atoms with E-state index in [1.165, 1.54) is 4.90 Å². The molecule has 0 aliphatic carbocycles. The Kier molecular flexibility index (Phi) is 6.52. The molecule has 0 fully saturated rings. The minimum atomic E-state index is -3.85. The Balaban J connectivity index is 2.39. The SMILES string of the molecule is CCOS(=O)(=O)c1ccc(C)cc1-c1ccc(N(C)C(=O)OC(C)(C)C)cc1. The van der Waals surface area contributed by atoms with E-state index < -0.39 is 21.8 Å². The van der Waals surface area contributed by atoms with E-state index in [1.54, 1.807) is 77.2 Å². The molecular weight excluding hydrogens is 378 g/mol. The smallest absolute Gasteiger partial charge is 0.414 e.